The lowest BCUT2D eigenvalue weighted by atomic mass is 9.60. The summed E-state index contributed by atoms with van der Waals surface area (Å²) < 4.78 is 0. The number of carboxylic acids is 1. The molecular weight excluding hydrogens is 348 g/mol. The van der Waals surface area contributed by atoms with E-state index in [0.717, 1.165) is 25.4 Å². The zero-order chi connectivity index (χ0) is 19.6. The smallest absolute Gasteiger partial charge is 0.304 e. The summed E-state index contributed by atoms with van der Waals surface area (Å²) in [6, 6.07) is 12.1. The Balaban J connectivity index is 1.20. The average Bonchev–Trinajstić information content (AvgIpc) is 3.44. The van der Waals surface area contributed by atoms with Crippen molar-refractivity contribution in [2.75, 3.05) is 19.6 Å². The van der Waals surface area contributed by atoms with Gasteiger partial charge in [-0.25, -0.2) is 0 Å². The largest absolute Gasteiger partial charge is 0.481 e. The summed E-state index contributed by atoms with van der Waals surface area (Å²) in [5, 5.41) is 12.8. The molecule has 1 saturated heterocycles. The predicted octanol–water partition coefficient (Wildman–Crippen LogP) is 4.18. The van der Waals surface area contributed by atoms with E-state index in [1.807, 2.05) is 0 Å². The van der Waals surface area contributed by atoms with Gasteiger partial charge in [-0.05, 0) is 68.5 Å². The predicted molar refractivity (Wildman–Crippen MR) is 113 cm³/mol. The number of rotatable bonds is 8. The fourth-order valence-electron chi connectivity index (χ4n) is 5.34. The second-order valence-electron chi connectivity index (χ2n) is 9.19. The van der Waals surface area contributed by atoms with Crippen molar-refractivity contribution >= 4 is 12.0 Å². The molecule has 3 fully saturated rings. The van der Waals surface area contributed by atoms with Crippen LogP contribution in [-0.4, -0.2) is 47.7 Å². The minimum absolute atomic E-state index is 0.274. The van der Waals surface area contributed by atoms with Gasteiger partial charge in [0.05, 0.1) is 6.42 Å². The summed E-state index contributed by atoms with van der Waals surface area (Å²) in [5.74, 6) is 0.0413. The fraction of sp³-hybridized carbons (Fsp3) is 0.625. The van der Waals surface area contributed by atoms with E-state index in [1.54, 1.807) is 5.57 Å². The number of nitrogens with one attached hydrogen (secondary N) is 1. The Kier molecular flexibility index (Phi) is 5.88. The maximum absolute atomic E-state index is 10.7. The van der Waals surface area contributed by atoms with Crippen molar-refractivity contribution in [3.8, 4) is 0 Å². The minimum atomic E-state index is -0.681. The summed E-state index contributed by atoms with van der Waals surface area (Å²) >= 11 is 0. The van der Waals surface area contributed by atoms with E-state index in [4.69, 9.17) is 5.11 Å². The van der Waals surface area contributed by atoms with Gasteiger partial charge in [0.2, 0.25) is 0 Å². The van der Waals surface area contributed by atoms with Gasteiger partial charge in [-0.2, -0.15) is 0 Å². The Hall–Kier alpha value is -1.65. The lowest BCUT2D eigenvalue weighted by molar-refractivity contribution is -0.137. The van der Waals surface area contributed by atoms with Crippen molar-refractivity contribution in [3.05, 3.63) is 41.5 Å². The van der Waals surface area contributed by atoms with Crippen LogP contribution in [0.5, 0.6) is 0 Å². The topological polar surface area (TPSA) is 52.6 Å². The van der Waals surface area contributed by atoms with E-state index in [-0.39, 0.29) is 6.42 Å². The molecule has 1 aliphatic heterocycles. The Labute approximate surface area is 169 Å². The lowest BCUT2D eigenvalue weighted by Gasteiger charge is -2.52. The van der Waals surface area contributed by atoms with Crippen molar-refractivity contribution < 1.29 is 9.90 Å². The van der Waals surface area contributed by atoms with Crippen LogP contribution in [0.15, 0.2) is 35.9 Å². The molecule has 1 aromatic rings. The van der Waals surface area contributed by atoms with Crippen LogP contribution in [0.2, 0.25) is 0 Å². The van der Waals surface area contributed by atoms with E-state index >= 15 is 0 Å². The normalized spacial score (nSPS) is 27.5. The molecule has 152 valence electrons. The molecule has 0 bridgehead atoms. The standard InChI is InChI=1S/C24H34N2O2/c1-2-19(14-18-6-4-3-5-7-18)21-15-22(21)25-20-16-24(17-20)9-12-26(13-10-24)11-8-23(27)28/h3-7,14,20-22,25H,2,8-13,15-17H2,1H3,(H,27,28)/b19-14+/t21-,22+/m0/s1. The molecule has 0 unspecified atom stereocenters. The first-order valence-corrected chi connectivity index (χ1v) is 11.0. The molecule has 0 aromatic heterocycles. The van der Waals surface area contributed by atoms with Crippen LogP contribution >= 0.6 is 0 Å². The van der Waals surface area contributed by atoms with Crippen LogP contribution in [0.1, 0.15) is 57.4 Å². The van der Waals surface area contributed by atoms with E-state index in [2.05, 4.69) is 53.5 Å². The van der Waals surface area contributed by atoms with Crippen LogP contribution in [-0.2, 0) is 4.79 Å². The number of hydrogen-bond donors (Lipinski definition) is 2. The molecule has 2 saturated carbocycles. The third-order valence-corrected chi connectivity index (χ3v) is 7.19. The third kappa shape index (κ3) is 4.66. The molecule has 4 heteroatoms. The molecular formula is C24H34N2O2. The van der Waals surface area contributed by atoms with E-state index in [9.17, 15) is 4.79 Å². The lowest BCUT2D eigenvalue weighted by Crippen LogP contribution is -2.54. The SMILES string of the molecule is CC/C(=C\c1ccccc1)[C@@H]1C[C@H]1NC1CC2(CCN(CCC(=O)O)CC2)C1. The highest BCUT2D eigenvalue weighted by Crippen LogP contribution is 2.51. The number of benzene rings is 1. The number of likely N-dealkylation sites (tertiary alicyclic amines) is 1. The van der Waals surface area contributed by atoms with Gasteiger partial charge in [0.1, 0.15) is 0 Å². The van der Waals surface area contributed by atoms with Crippen LogP contribution < -0.4 is 5.32 Å². The van der Waals surface area contributed by atoms with Gasteiger partial charge in [0, 0.05) is 18.6 Å². The van der Waals surface area contributed by atoms with Gasteiger partial charge in [-0.1, -0.05) is 48.9 Å². The molecule has 4 rings (SSSR count). The minimum Gasteiger partial charge on any atom is -0.481 e. The zero-order valence-corrected chi connectivity index (χ0v) is 17.1. The molecule has 2 aliphatic carbocycles. The zero-order valence-electron chi connectivity index (χ0n) is 17.1. The highest BCUT2D eigenvalue weighted by Gasteiger charge is 2.49. The van der Waals surface area contributed by atoms with Crippen molar-refractivity contribution in [3.63, 3.8) is 0 Å². The first-order valence-electron chi connectivity index (χ1n) is 11.0. The summed E-state index contributed by atoms with van der Waals surface area (Å²) in [7, 11) is 0. The molecule has 1 aromatic carbocycles. The third-order valence-electron chi connectivity index (χ3n) is 7.19. The second-order valence-corrected chi connectivity index (χ2v) is 9.19. The Bertz CT molecular complexity index is 699. The second kappa shape index (κ2) is 8.38. The molecule has 0 radical (unpaired) electrons. The summed E-state index contributed by atoms with van der Waals surface area (Å²) in [4.78, 5) is 13.1. The van der Waals surface area contributed by atoms with Crippen molar-refractivity contribution in [2.24, 2.45) is 11.3 Å². The highest BCUT2D eigenvalue weighted by atomic mass is 16.4. The Morgan fingerprint density at radius 3 is 2.61 bits per heavy atom. The van der Waals surface area contributed by atoms with E-state index < -0.39 is 5.97 Å². The maximum Gasteiger partial charge on any atom is 0.304 e. The quantitative estimate of drug-likeness (QED) is 0.708. The number of nitrogens with zero attached hydrogens (tertiary/aromatic N) is 1. The van der Waals surface area contributed by atoms with Crippen molar-refractivity contribution in [1.82, 2.24) is 10.2 Å². The molecule has 2 atom stereocenters. The Morgan fingerprint density at radius 2 is 1.96 bits per heavy atom. The molecule has 4 nitrogen and oxygen atoms in total. The average molecular weight is 383 g/mol. The van der Waals surface area contributed by atoms with Crippen molar-refractivity contribution in [2.45, 2.75) is 64.0 Å². The molecule has 3 aliphatic rings. The van der Waals surface area contributed by atoms with Gasteiger partial charge in [-0.3, -0.25) is 4.79 Å². The van der Waals surface area contributed by atoms with Crippen LogP contribution in [0.3, 0.4) is 0 Å². The number of aliphatic carboxylic acids is 1. The number of carboxylic acid groups (broad SMARTS) is 1. The molecule has 0 amide bonds. The summed E-state index contributed by atoms with van der Waals surface area (Å²) in [6.07, 6.45) is 10.2. The molecule has 1 heterocycles. The first kappa shape index (κ1) is 19.7. The monoisotopic (exact) mass is 382 g/mol. The van der Waals surface area contributed by atoms with Crippen molar-refractivity contribution in [1.29, 1.82) is 0 Å². The van der Waals surface area contributed by atoms with Crippen LogP contribution in [0.4, 0.5) is 0 Å². The van der Waals surface area contributed by atoms with Gasteiger partial charge in [0.25, 0.3) is 0 Å². The molecule has 28 heavy (non-hydrogen) atoms. The van der Waals surface area contributed by atoms with Gasteiger partial charge < -0.3 is 15.3 Å². The number of hydrogen-bond acceptors (Lipinski definition) is 3. The van der Waals surface area contributed by atoms with Crippen LogP contribution in [0, 0.1) is 11.3 Å². The summed E-state index contributed by atoms with van der Waals surface area (Å²) in [5.41, 5.74) is 3.45. The van der Waals surface area contributed by atoms with E-state index in [0.29, 0.717) is 24.0 Å². The highest BCUT2D eigenvalue weighted by molar-refractivity contribution is 5.66. The first-order chi connectivity index (χ1) is 13.6. The maximum atomic E-state index is 10.7. The van der Waals surface area contributed by atoms with E-state index in [1.165, 1.54) is 37.7 Å². The summed E-state index contributed by atoms with van der Waals surface area (Å²) in [6.45, 7) is 5.14. The van der Waals surface area contributed by atoms with Gasteiger partial charge in [-0.15, -0.1) is 0 Å². The molecule has 2 N–H and O–H groups in total. The molecule has 1 spiro atoms. The van der Waals surface area contributed by atoms with Crippen LogP contribution in [0.25, 0.3) is 6.08 Å². The number of carbonyl (C=O) groups is 1. The number of piperidine rings is 1. The van der Waals surface area contributed by atoms with Gasteiger partial charge >= 0.3 is 5.97 Å². The van der Waals surface area contributed by atoms with Gasteiger partial charge in [0.15, 0.2) is 0 Å². The Morgan fingerprint density at radius 1 is 1.25 bits per heavy atom. The fourth-order valence-corrected chi connectivity index (χ4v) is 5.34.